The molecule has 0 spiro atoms. The highest BCUT2D eigenvalue weighted by Crippen LogP contribution is 2.50. The molecule has 2 fully saturated rings. The van der Waals surface area contributed by atoms with Crippen LogP contribution in [0.5, 0.6) is 0 Å². The molecule has 0 saturated carbocycles. The minimum atomic E-state index is -0.779. The van der Waals surface area contributed by atoms with Crippen molar-refractivity contribution in [2.45, 2.75) is 74.3 Å². The lowest BCUT2D eigenvalue weighted by molar-refractivity contribution is -0.167. The largest absolute Gasteiger partial charge is 0.519 e. The zero-order chi connectivity index (χ0) is 18.6. The van der Waals surface area contributed by atoms with E-state index in [1.807, 2.05) is 13.8 Å². The molecule has 3 heterocycles. The maximum Gasteiger partial charge on any atom is 0.519 e. The Kier molecular flexibility index (Phi) is 4.18. The van der Waals surface area contributed by atoms with Crippen LogP contribution in [0.3, 0.4) is 0 Å². The Hall–Kier alpha value is -1.74. The number of carbonyl (C=O) groups excluding carboxylic acids is 2. The molecule has 0 aromatic carbocycles. The quantitative estimate of drug-likeness (QED) is 0.601. The molecular weight excluding hydrogens is 360 g/mol. The standard InChI is InChI=1S/C17H22N2O6S/c1-17(2)12(19-13(20)10(18)14(19)26-17)15(21)23-8-6-4-3-5-7-9-11(8)25-16(22)24-9/h8,10,12,14H,3-7,18H2,1-2H3/t8?,10-,12+,14-/m1/s1. The lowest BCUT2D eigenvalue weighted by Gasteiger charge is -2.42. The fourth-order valence-electron chi connectivity index (χ4n) is 4.00. The summed E-state index contributed by atoms with van der Waals surface area (Å²) >= 11 is 1.51. The zero-order valence-corrected chi connectivity index (χ0v) is 15.5. The van der Waals surface area contributed by atoms with Crippen LogP contribution in [0, 0.1) is 0 Å². The molecule has 2 N–H and O–H groups in total. The second-order valence-electron chi connectivity index (χ2n) is 7.55. The lowest BCUT2D eigenvalue weighted by atomic mass is 9.96. The van der Waals surface area contributed by atoms with E-state index in [9.17, 15) is 14.4 Å². The first-order valence-corrected chi connectivity index (χ1v) is 9.76. The van der Waals surface area contributed by atoms with Gasteiger partial charge < -0.3 is 24.2 Å². The third-order valence-corrected chi connectivity index (χ3v) is 6.89. The Labute approximate surface area is 154 Å². The summed E-state index contributed by atoms with van der Waals surface area (Å²) in [7, 11) is 0. The molecule has 9 heteroatoms. The Morgan fingerprint density at radius 3 is 2.81 bits per heavy atom. The number of ether oxygens (including phenoxy) is 1. The van der Waals surface area contributed by atoms with Crippen molar-refractivity contribution >= 4 is 23.6 Å². The van der Waals surface area contributed by atoms with Gasteiger partial charge in [-0.2, -0.15) is 0 Å². The topological polar surface area (TPSA) is 116 Å². The van der Waals surface area contributed by atoms with Crippen molar-refractivity contribution in [1.29, 1.82) is 0 Å². The molecule has 1 aromatic heterocycles. The van der Waals surface area contributed by atoms with Crippen molar-refractivity contribution in [2.75, 3.05) is 0 Å². The molecular formula is C17H22N2O6S. The molecule has 2 aliphatic heterocycles. The SMILES string of the molecule is CC1(C)S[C@@H]2[C@H](N)C(=O)N2[C@H]1C(=O)OC1CCCCCc2oc(=O)oc21. The number of rotatable bonds is 2. The summed E-state index contributed by atoms with van der Waals surface area (Å²) < 4.78 is 15.5. The molecule has 0 bridgehead atoms. The van der Waals surface area contributed by atoms with Crippen LogP contribution in [-0.2, 0) is 20.7 Å². The average Bonchev–Trinajstić information content (AvgIpc) is 3.05. The lowest BCUT2D eigenvalue weighted by Crippen LogP contribution is -2.68. The molecule has 8 nitrogen and oxygen atoms in total. The van der Waals surface area contributed by atoms with Gasteiger partial charge in [0.25, 0.3) is 0 Å². The van der Waals surface area contributed by atoms with Crippen LogP contribution < -0.4 is 11.6 Å². The maximum absolute atomic E-state index is 13.0. The van der Waals surface area contributed by atoms with Crippen molar-refractivity contribution < 1.29 is 23.2 Å². The number of thioether (sulfide) groups is 1. The molecule has 1 aliphatic carbocycles. The van der Waals surface area contributed by atoms with E-state index >= 15 is 0 Å². The second kappa shape index (κ2) is 6.16. The van der Waals surface area contributed by atoms with Crippen LogP contribution in [0.25, 0.3) is 0 Å². The Morgan fingerprint density at radius 1 is 1.27 bits per heavy atom. The fraction of sp³-hybridized carbons (Fsp3) is 0.706. The normalized spacial score (nSPS) is 32.9. The number of fused-ring (bicyclic) bond motifs is 2. The van der Waals surface area contributed by atoms with E-state index in [1.165, 1.54) is 16.7 Å². The summed E-state index contributed by atoms with van der Waals surface area (Å²) in [5.74, 6) is -0.755. The van der Waals surface area contributed by atoms with Gasteiger partial charge in [-0.25, -0.2) is 9.59 Å². The van der Waals surface area contributed by atoms with E-state index in [0.717, 1.165) is 19.3 Å². The number of hydrogen-bond acceptors (Lipinski definition) is 8. The van der Waals surface area contributed by atoms with Crippen molar-refractivity contribution in [3.63, 3.8) is 0 Å². The van der Waals surface area contributed by atoms with Crippen LogP contribution in [0.1, 0.15) is 57.2 Å². The summed E-state index contributed by atoms with van der Waals surface area (Å²) in [6.07, 6.45) is 3.17. The first kappa shape index (κ1) is 17.7. The highest BCUT2D eigenvalue weighted by molar-refractivity contribution is 8.01. The molecule has 26 heavy (non-hydrogen) atoms. The summed E-state index contributed by atoms with van der Waals surface area (Å²) in [5, 5.41) is -0.199. The minimum absolute atomic E-state index is 0.199. The van der Waals surface area contributed by atoms with Gasteiger partial charge in [0.05, 0.1) is 0 Å². The summed E-state index contributed by atoms with van der Waals surface area (Å²) in [4.78, 5) is 38.1. The van der Waals surface area contributed by atoms with E-state index < -0.39 is 34.7 Å². The van der Waals surface area contributed by atoms with Crippen molar-refractivity contribution in [2.24, 2.45) is 5.73 Å². The molecule has 1 unspecified atom stereocenters. The molecule has 1 aromatic rings. The van der Waals surface area contributed by atoms with Crippen molar-refractivity contribution in [3.8, 4) is 0 Å². The highest BCUT2D eigenvalue weighted by Gasteiger charge is 2.63. The average molecular weight is 382 g/mol. The Morgan fingerprint density at radius 2 is 2.04 bits per heavy atom. The van der Waals surface area contributed by atoms with Gasteiger partial charge in [-0.1, -0.05) is 6.42 Å². The predicted molar refractivity (Wildman–Crippen MR) is 92.3 cm³/mol. The van der Waals surface area contributed by atoms with E-state index in [1.54, 1.807) is 0 Å². The van der Waals surface area contributed by atoms with Crippen LogP contribution in [0.2, 0.25) is 0 Å². The number of aryl methyl sites for hydroxylation is 1. The molecule has 142 valence electrons. The number of nitrogens with two attached hydrogens (primary N) is 1. The summed E-state index contributed by atoms with van der Waals surface area (Å²) in [6.45, 7) is 3.81. The predicted octanol–water partition coefficient (Wildman–Crippen LogP) is 1.32. The monoisotopic (exact) mass is 382 g/mol. The number of nitrogens with zero attached hydrogens (tertiary/aromatic N) is 1. The highest BCUT2D eigenvalue weighted by atomic mass is 32.2. The number of carbonyl (C=O) groups is 2. The number of β-lactam (4-membered cyclic amide) rings is 1. The number of hydrogen-bond donors (Lipinski definition) is 1. The van der Waals surface area contributed by atoms with Gasteiger partial charge in [-0.05, 0) is 33.1 Å². The second-order valence-corrected chi connectivity index (χ2v) is 9.32. The van der Waals surface area contributed by atoms with Crippen LogP contribution in [-0.4, -0.2) is 39.0 Å². The van der Waals surface area contributed by atoms with Gasteiger partial charge in [0.1, 0.15) is 17.5 Å². The fourth-order valence-corrected chi connectivity index (χ4v) is 5.56. The third kappa shape index (κ3) is 2.68. The number of amides is 1. The minimum Gasteiger partial charge on any atom is -0.452 e. The van der Waals surface area contributed by atoms with E-state index in [-0.39, 0.29) is 11.3 Å². The van der Waals surface area contributed by atoms with E-state index in [0.29, 0.717) is 24.4 Å². The summed E-state index contributed by atoms with van der Waals surface area (Å²) in [6, 6.07) is -1.28. The smallest absolute Gasteiger partial charge is 0.452 e. The van der Waals surface area contributed by atoms with Gasteiger partial charge in [0, 0.05) is 11.2 Å². The molecule has 2 saturated heterocycles. The molecule has 0 radical (unpaired) electrons. The first-order chi connectivity index (χ1) is 12.3. The molecule has 3 aliphatic rings. The Bertz CT molecular complexity index is 799. The Balaban J connectivity index is 1.58. The molecule has 1 amide bonds. The van der Waals surface area contributed by atoms with Gasteiger partial charge in [-0.3, -0.25) is 4.79 Å². The van der Waals surface area contributed by atoms with Gasteiger partial charge in [0.2, 0.25) is 5.91 Å². The van der Waals surface area contributed by atoms with Crippen LogP contribution in [0.15, 0.2) is 13.6 Å². The third-order valence-electron chi connectivity index (χ3n) is 5.30. The van der Waals surface area contributed by atoms with Gasteiger partial charge in [0.15, 0.2) is 17.6 Å². The van der Waals surface area contributed by atoms with Gasteiger partial charge in [-0.15, -0.1) is 11.8 Å². The molecule has 4 atom stereocenters. The van der Waals surface area contributed by atoms with Crippen LogP contribution >= 0.6 is 11.8 Å². The van der Waals surface area contributed by atoms with E-state index in [4.69, 9.17) is 19.3 Å². The first-order valence-electron chi connectivity index (χ1n) is 8.88. The van der Waals surface area contributed by atoms with Crippen LogP contribution in [0.4, 0.5) is 0 Å². The van der Waals surface area contributed by atoms with Crippen molar-refractivity contribution in [3.05, 3.63) is 22.1 Å². The summed E-state index contributed by atoms with van der Waals surface area (Å²) in [5.41, 5.74) is 5.85. The van der Waals surface area contributed by atoms with Crippen molar-refractivity contribution in [1.82, 2.24) is 4.90 Å². The number of esters is 1. The maximum atomic E-state index is 13.0. The van der Waals surface area contributed by atoms with Gasteiger partial charge >= 0.3 is 11.8 Å². The zero-order valence-electron chi connectivity index (χ0n) is 14.7. The molecule has 4 rings (SSSR count). The van der Waals surface area contributed by atoms with E-state index in [2.05, 4.69) is 0 Å².